The third kappa shape index (κ3) is 5.99. The van der Waals surface area contributed by atoms with Crippen molar-refractivity contribution in [2.45, 2.75) is 38.5 Å². The molecule has 3 rings (SSSR count). The van der Waals surface area contributed by atoms with Crippen LogP contribution in [0.3, 0.4) is 0 Å². The van der Waals surface area contributed by atoms with Crippen LogP contribution in [0.1, 0.15) is 42.6 Å². The van der Waals surface area contributed by atoms with Crippen LogP contribution in [0.5, 0.6) is 0 Å². The number of nitrogens with one attached hydrogen (secondary N) is 2. The zero-order valence-electron chi connectivity index (χ0n) is 17.7. The van der Waals surface area contributed by atoms with Gasteiger partial charge in [0.15, 0.2) is 0 Å². The molecular formula is C24H30ClN3O2. The summed E-state index contributed by atoms with van der Waals surface area (Å²) in [7, 11) is 0. The second-order valence-corrected chi connectivity index (χ2v) is 8.65. The lowest BCUT2D eigenvalue weighted by atomic mass is 9.97. The van der Waals surface area contributed by atoms with Crippen LogP contribution < -0.4 is 15.5 Å². The Morgan fingerprint density at radius 3 is 2.50 bits per heavy atom. The van der Waals surface area contributed by atoms with Gasteiger partial charge in [-0.2, -0.15) is 0 Å². The highest BCUT2D eigenvalue weighted by Crippen LogP contribution is 2.29. The minimum atomic E-state index is -0.642. The number of piperidine rings is 1. The van der Waals surface area contributed by atoms with Gasteiger partial charge >= 0.3 is 0 Å². The summed E-state index contributed by atoms with van der Waals surface area (Å²) in [6.45, 7) is 6.29. The van der Waals surface area contributed by atoms with Gasteiger partial charge < -0.3 is 15.5 Å². The van der Waals surface area contributed by atoms with Crippen molar-refractivity contribution in [2.75, 3.05) is 29.9 Å². The van der Waals surface area contributed by atoms with E-state index in [9.17, 15) is 9.59 Å². The maximum atomic E-state index is 13.1. The summed E-state index contributed by atoms with van der Waals surface area (Å²) in [5.74, 6) is 0.286. The number of amides is 2. The van der Waals surface area contributed by atoms with Crippen molar-refractivity contribution < 1.29 is 9.59 Å². The summed E-state index contributed by atoms with van der Waals surface area (Å²) in [6, 6.07) is 15.6. The molecule has 0 radical (unpaired) electrons. The van der Waals surface area contributed by atoms with Gasteiger partial charge in [-0.15, -0.1) is 11.6 Å². The topological polar surface area (TPSA) is 61.4 Å². The van der Waals surface area contributed by atoms with E-state index in [0.717, 1.165) is 38.0 Å². The van der Waals surface area contributed by atoms with Crippen molar-refractivity contribution in [1.29, 1.82) is 0 Å². The van der Waals surface area contributed by atoms with Crippen molar-refractivity contribution in [3.63, 3.8) is 0 Å². The maximum absolute atomic E-state index is 13.1. The van der Waals surface area contributed by atoms with Gasteiger partial charge in [0.1, 0.15) is 5.38 Å². The summed E-state index contributed by atoms with van der Waals surface area (Å²) >= 11 is 5.87. The van der Waals surface area contributed by atoms with Gasteiger partial charge in [0.05, 0.1) is 5.56 Å². The number of carbonyl (C=O) groups excluding carboxylic acids is 2. The van der Waals surface area contributed by atoms with Crippen LogP contribution in [0.4, 0.5) is 11.4 Å². The molecule has 1 heterocycles. The minimum absolute atomic E-state index is 0.130. The standard InChI is InChI=1S/C24H30ClN3O2/c1-17-11-14-28(15-12-17)22-9-8-20(27-23(29)18(2)25)16-21(22)24(30)26-13-10-19-6-4-3-5-7-19/h3-9,16-18H,10-15H2,1-2H3,(H,26,30)(H,27,29)/t18-/m0/s1. The van der Waals surface area contributed by atoms with E-state index in [1.54, 1.807) is 13.0 Å². The molecule has 1 fully saturated rings. The average molecular weight is 428 g/mol. The van der Waals surface area contributed by atoms with E-state index >= 15 is 0 Å². The SMILES string of the molecule is CC1CCN(c2ccc(NC(=O)[C@H](C)Cl)cc2C(=O)NCCc2ccccc2)CC1. The molecule has 1 saturated heterocycles. The zero-order chi connectivity index (χ0) is 21.5. The smallest absolute Gasteiger partial charge is 0.253 e. The van der Waals surface area contributed by atoms with Crippen LogP contribution in [0, 0.1) is 5.92 Å². The number of carbonyl (C=O) groups is 2. The summed E-state index contributed by atoms with van der Waals surface area (Å²) in [5, 5.41) is 5.18. The van der Waals surface area contributed by atoms with Crippen LogP contribution in [0.15, 0.2) is 48.5 Å². The first-order chi connectivity index (χ1) is 14.4. The number of hydrogen-bond donors (Lipinski definition) is 2. The Kier molecular flexibility index (Phi) is 7.75. The van der Waals surface area contributed by atoms with Gasteiger partial charge in [-0.1, -0.05) is 37.3 Å². The lowest BCUT2D eigenvalue weighted by Crippen LogP contribution is -2.35. The number of halogens is 1. The molecule has 0 saturated carbocycles. The highest BCUT2D eigenvalue weighted by molar-refractivity contribution is 6.32. The molecule has 0 spiro atoms. The summed E-state index contributed by atoms with van der Waals surface area (Å²) in [5.41, 5.74) is 3.25. The second-order valence-electron chi connectivity index (χ2n) is 8.00. The second kappa shape index (κ2) is 10.5. The third-order valence-corrected chi connectivity index (χ3v) is 5.73. The lowest BCUT2D eigenvalue weighted by Gasteiger charge is -2.33. The predicted molar refractivity (Wildman–Crippen MR) is 123 cm³/mol. The van der Waals surface area contributed by atoms with Crippen LogP contribution in [0.25, 0.3) is 0 Å². The molecule has 2 aromatic carbocycles. The van der Waals surface area contributed by atoms with Crippen LogP contribution in [-0.4, -0.2) is 36.8 Å². The normalized spacial score (nSPS) is 15.5. The fourth-order valence-corrected chi connectivity index (χ4v) is 3.68. The molecule has 2 N–H and O–H groups in total. The summed E-state index contributed by atoms with van der Waals surface area (Å²) in [4.78, 5) is 27.3. The van der Waals surface area contributed by atoms with Gasteiger partial charge in [-0.3, -0.25) is 9.59 Å². The monoisotopic (exact) mass is 427 g/mol. The molecule has 5 nitrogen and oxygen atoms in total. The van der Waals surface area contributed by atoms with E-state index in [1.807, 2.05) is 30.3 Å². The number of hydrogen-bond acceptors (Lipinski definition) is 3. The van der Waals surface area contributed by atoms with Crippen molar-refractivity contribution in [3.05, 3.63) is 59.7 Å². The number of anilines is 2. The van der Waals surface area contributed by atoms with Crippen LogP contribution >= 0.6 is 11.6 Å². The molecule has 1 aliphatic rings. The molecule has 0 unspecified atom stereocenters. The molecule has 0 aromatic heterocycles. The molecule has 1 atom stereocenters. The Hall–Kier alpha value is -2.53. The van der Waals surface area contributed by atoms with Crippen LogP contribution in [0.2, 0.25) is 0 Å². The van der Waals surface area contributed by atoms with Gasteiger partial charge in [0.25, 0.3) is 5.91 Å². The Balaban J connectivity index is 1.76. The fraction of sp³-hybridized carbons (Fsp3) is 0.417. The predicted octanol–water partition coefficient (Wildman–Crippen LogP) is 4.46. The molecule has 0 bridgehead atoms. The van der Waals surface area contributed by atoms with E-state index in [1.165, 1.54) is 5.56 Å². The molecular weight excluding hydrogens is 398 g/mol. The number of rotatable bonds is 7. The van der Waals surface area contributed by atoms with Crippen molar-refractivity contribution in [3.8, 4) is 0 Å². The van der Waals surface area contributed by atoms with Crippen molar-refractivity contribution >= 4 is 34.8 Å². The van der Waals surface area contributed by atoms with Gasteiger partial charge in [-0.25, -0.2) is 0 Å². The number of benzene rings is 2. The van der Waals surface area contributed by atoms with E-state index in [2.05, 4.69) is 34.6 Å². The van der Waals surface area contributed by atoms with Crippen molar-refractivity contribution in [2.24, 2.45) is 5.92 Å². The maximum Gasteiger partial charge on any atom is 0.253 e. The molecule has 2 amide bonds. The Bertz CT molecular complexity index is 862. The zero-order valence-corrected chi connectivity index (χ0v) is 18.4. The average Bonchev–Trinajstić information content (AvgIpc) is 2.75. The van der Waals surface area contributed by atoms with Gasteiger partial charge in [0, 0.05) is 31.0 Å². The molecule has 30 heavy (non-hydrogen) atoms. The quantitative estimate of drug-likeness (QED) is 0.641. The van der Waals surface area contributed by atoms with E-state index in [-0.39, 0.29) is 11.8 Å². The molecule has 1 aliphatic heterocycles. The largest absolute Gasteiger partial charge is 0.371 e. The van der Waals surface area contributed by atoms with E-state index < -0.39 is 5.38 Å². The lowest BCUT2D eigenvalue weighted by molar-refractivity contribution is -0.115. The van der Waals surface area contributed by atoms with Crippen LogP contribution in [-0.2, 0) is 11.2 Å². The minimum Gasteiger partial charge on any atom is -0.371 e. The first kappa shape index (κ1) is 22.2. The highest BCUT2D eigenvalue weighted by atomic mass is 35.5. The molecule has 6 heteroatoms. The van der Waals surface area contributed by atoms with Gasteiger partial charge in [0.2, 0.25) is 5.91 Å². The van der Waals surface area contributed by atoms with Gasteiger partial charge in [-0.05, 0) is 55.9 Å². The number of alkyl halides is 1. The summed E-state index contributed by atoms with van der Waals surface area (Å²) < 4.78 is 0. The fourth-order valence-electron chi connectivity index (χ4n) is 3.62. The third-order valence-electron chi connectivity index (χ3n) is 5.54. The van der Waals surface area contributed by atoms with E-state index in [0.29, 0.717) is 23.7 Å². The molecule has 0 aliphatic carbocycles. The Labute approximate surface area is 183 Å². The Morgan fingerprint density at radius 2 is 1.83 bits per heavy atom. The number of nitrogens with zero attached hydrogens (tertiary/aromatic N) is 1. The highest BCUT2D eigenvalue weighted by Gasteiger charge is 2.22. The molecule has 160 valence electrons. The van der Waals surface area contributed by atoms with E-state index in [4.69, 9.17) is 11.6 Å². The first-order valence-electron chi connectivity index (χ1n) is 10.6. The first-order valence-corrected chi connectivity index (χ1v) is 11.0. The Morgan fingerprint density at radius 1 is 1.13 bits per heavy atom. The van der Waals surface area contributed by atoms with Crippen molar-refractivity contribution in [1.82, 2.24) is 5.32 Å². The summed E-state index contributed by atoms with van der Waals surface area (Å²) in [6.07, 6.45) is 2.98. The molecule has 2 aromatic rings.